The summed E-state index contributed by atoms with van der Waals surface area (Å²) in [6.45, 7) is 6.93. The van der Waals surface area contributed by atoms with Gasteiger partial charge in [0.1, 0.15) is 0 Å². The van der Waals surface area contributed by atoms with Crippen LogP contribution in [0.2, 0.25) is 0 Å². The zero-order chi connectivity index (χ0) is 17.0. The monoisotopic (exact) mass is 318 g/mol. The van der Waals surface area contributed by atoms with Crippen LogP contribution in [0.15, 0.2) is 30.3 Å². The number of piperidine rings is 1. The van der Waals surface area contributed by atoms with E-state index in [1.165, 1.54) is 0 Å². The zero-order valence-electron chi connectivity index (χ0n) is 14.1. The molecule has 5 heteroatoms. The van der Waals surface area contributed by atoms with Gasteiger partial charge in [-0.15, -0.1) is 0 Å². The van der Waals surface area contributed by atoms with Crippen LogP contribution in [0.4, 0.5) is 5.69 Å². The molecule has 0 aliphatic carbocycles. The van der Waals surface area contributed by atoms with Crippen molar-refractivity contribution in [3.63, 3.8) is 0 Å². The Balaban J connectivity index is 2.46. The average molecular weight is 318 g/mol. The van der Waals surface area contributed by atoms with Gasteiger partial charge in [-0.1, -0.05) is 39.0 Å². The van der Waals surface area contributed by atoms with Crippen LogP contribution in [0.5, 0.6) is 0 Å². The summed E-state index contributed by atoms with van der Waals surface area (Å²) in [6, 6.07) is 9.43. The standard InChI is InChI=1S/C18H26N2O3/c1-4-16(21)20(14-8-6-5-7-9-14)15-10-11-19-12-18(15,3)13(2)17(22)23/h5-9,13,15,19H,4,10-12H2,1-3H3,(H,22,23). The van der Waals surface area contributed by atoms with Crippen molar-refractivity contribution in [1.82, 2.24) is 5.32 Å². The van der Waals surface area contributed by atoms with Crippen molar-refractivity contribution in [3.05, 3.63) is 30.3 Å². The molecule has 1 saturated heterocycles. The SMILES string of the molecule is CCC(=O)N(c1ccccc1)C1CCNCC1(C)C(C)C(=O)O. The van der Waals surface area contributed by atoms with E-state index in [0.717, 1.165) is 18.7 Å². The molecule has 0 bridgehead atoms. The molecule has 1 aromatic rings. The molecule has 3 atom stereocenters. The van der Waals surface area contributed by atoms with E-state index in [2.05, 4.69) is 5.32 Å². The molecule has 1 aromatic carbocycles. The number of hydrogen-bond acceptors (Lipinski definition) is 3. The van der Waals surface area contributed by atoms with E-state index in [-0.39, 0.29) is 11.9 Å². The molecule has 23 heavy (non-hydrogen) atoms. The summed E-state index contributed by atoms with van der Waals surface area (Å²) in [6.07, 6.45) is 1.14. The predicted octanol–water partition coefficient (Wildman–Crippen LogP) is 2.52. The summed E-state index contributed by atoms with van der Waals surface area (Å²) in [5.41, 5.74) is 0.320. The number of amides is 1. The number of hydrogen-bond donors (Lipinski definition) is 2. The molecule has 1 aliphatic rings. The highest BCUT2D eigenvalue weighted by Gasteiger charge is 2.48. The number of nitrogens with one attached hydrogen (secondary N) is 1. The van der Waals surface area contributed by atoms with E-state index >= 15 is 0 Å². The lowest BCUT2D eigenvalue weighted by molar-refractivity contribution is -0.147. The van der Waals surface area contributed by atoms with E-state index < -0.39 is 17.3 Å². The summed E-state index contributed by atoms with van der Waals surface area (Å²) in [5.74, 6) is -1.33. The minimum absolute atomic E-state index is 0.0342. The number of aliphatic carboxylic acids is 1. The molecule has 1 amide bonds. The van der Waals surface area contributed by atoms with Gasteiger partial charge in [-0.25, -0.2) is 0 Å². The Hall–Kier alpha value is -1.88. The van der Waals surface area contributed by atoms with Crippen LogP contribution in [0.1, 0.15) is 33.6 Å². The first kappa shape index (κ1) is 17.5. The van der Waals surface area contributed by atoms with E-state index in [0.29, 0.717) is 13.0 Å². The van der Waals surface area contributed by atoms with Crippen LogP contribution in [0.3, 0.4) is 0 Å². The van der Waals surface area contributed by atoms with Crippen molar-refractivity contribution < 1.29 is 14.7 Å². The number of carboxylic acid groups (broad SMARTS) is 1. The van der Waals surface area contributed by atoms with Crippen molar-refractivity contribution in [1.29, 1.82) is 0 Å². The fourth-order valence-corrected chi connectivity index (χ4v) is 3.45. The molecule has 1 heterocycles. The Bertz CT molecular complexity index is 561. The van der Waals surface area contributed by atoms with Crippen LogP contribution in [-0.4, -0.2) is 36.1 Å². The first-order valence-corrected chi connectivity index (χ1v) is 8.22. The topological polar surface area (TPSA) is 69.6 Å². The second-order valence-corrected chi connectivity index (χ2v) is 6.50. The minimum Gasteiger partial charge on any atom is -0.481 e. The third kappa shape index (κ3) is 3.39. The largest absolute Gasteiger partial charge is 0.481 e. The normalized spacial score (nSPS) is 25.6. The highest BCUT2D eigenvalue weighted by atomic mass is 16.4. The van der Waals surface area contributed by atoms with Gasteiger partial charge in [0.05, 0.1) is 5.92 Å². The lowest BCUT2D eigenvalue weighted by atomic mass is 9.68. The molecule has 1 aliphatic heterocycles. The van der Waals surface area contributed by atoms with Crippen LogP contribution in [0.25, 0.3) is 0 Å². The first-order chi connectivity index (χ1) is 10.9. The summed E-state index contributed by atoms with van der Waals surface area (Å²) in [5, 5.41) is 12.8. The maximum absolute atomic E-state index is 12.7. The number of carbonyl (C=O) groups is 2. The molecule has 0 radical (unpaired) electrons. The van der Waals surface area contributed by atoms with Gasteiger partial charge < -0.3 is 15.3 Å². The van der Waals surface area contributed by atoms with Gasteiger partial charge in [-0.05, 0) is 25.1 Å². The number of nitrogens with zero attached hydrogens (tertiary/aromatic N) is 1. The van der Waals surface area contributed by atoms with E-state index in [9.17, 15) is 14.7 Å². The maximum atomic E-state index is 12.7. The molecule has 3 unspecified atom stereocenters. The van der Waals surface area contributed by atoms with Gasteiger partial charge in [0, 0.05) is 30.1 Å². The van der Waals surface area contributed by atoms with Gasteiger partial charge in [-0.2, -0.15) is 0 Å². The molecule has 0 saturated carbocycles. The van der Waals surface area contributed by atoms with Gasteiger partial charge in [0.2, 0.25) is 5.91 Å². The smallest absolute Gasteiger partial charge is 0.306 e. The van der Waals surface area contributed by atoms with Crippen LogP contribution >= 0.6 is 0 Å². The Labute approximate surface area is 137 Å². The average Bonchev–Trinajstić information content (AvgIpc) is 2.56. The summed E-state index contributed by atoms with van der Waals surface area (Å²) >= 11 is 0. The molecule has 2 N–H and O–H groups in total. The van der Waals surface area contributed by atoms with E-state index in [1.807, 2.05) is 49.1 Å². The maximum Gasteiger partial charge on any atom is 0.306 e. The van der Waals surface area contributed by atoms with E-state index in [1.54, 1.807) is 6.92 Å². The van der Waals surface area contributed by atoms with Crippen molar-refractivity contribution in [2.24, 2.45) is 11.3 Å². The number of para-hydroxylation sites is 1. The lowest BCUT2D eigenvalue weighted by Gasteiger charge is -2.49. The predicted molar refractivity (Wildman–Crippen MR) is 90.4 cm³/mol. The third-order valence-corrected chi connectivity index (χ3v) is 5.14. The number of anilines is 1. The first-order valence-electron chi connectivity index (χ1n) is 8.22. The van der Waals surface area contributed by atoms with Crippen LogP contribution < -0.4 is 10.2 Å². The second kappa shape index (κ2) is 7.13. The Kier molecular flexibility index (Phi) is 5.42. The number of benzene rings is 1. The molecule has 1 fully saturated rings. The van der Waals surface area contributed by atoms with Gasteiger partial charge in [0.15, 0.2) is 0 Å². The minimum atomic E-state index is -0.821. The lowest BCUT2D eigenvalue weighted by Crippen LogP contribution is -2.61. The molecular formula is C18H26N2O3. The van der Waals surface area contributed by atoms with E-state index in [4.69, 9.17) is 0 Å². The van der Waals surface area contributed by atoms with Crippen molar-refractivity contribution in [3.8, 4) is 0 Å². The Morgan fingerprint density at radius 1 is 1.39 bits per heavy atom. The summed E-state index contributed by atoms with van der Waals surface area (Å²) in [4.78, 5) is 26.1. The highest BCUT2D eigenvalue weighted by Crippen LogP contribution is 2.39. The van der Waals surface area contributed by atoms with Gasteiger partial charge in [-0.3, -0.25) is 9.59 Å². The van der Waals surface area contributed by atoms with Crippen molar-refractivity contribution in [2.75, 3.05) is 18.0 Å². The van der Waals surface area contributed by atoms with Crippen molar-refractivity contribution >= 4 is 17.6 Å². The van der Waals surface area contributed by atoms with Gasteiger partial charge in [0.25, 0.3) is 0 Å². The molecule has 0 aromatic heterocycles. The molecular weight excluding hydrogens is 292 g/mol. The number of carbonyl (C=O) groups excluding carboxylic acids is 1. The number of rotatable bonds is 5. The van der Waals surface area contributed by atoms with Crippen LogP contribution in [0, 0.1) is 11.3 Å². The molecule has 126 valence electrons. The summed E-state index contributed by atoms with van der Waals surface area (Å²) in [7, 11) is 0. The summed E-state index contributed by atoms with van der Waals surface area (Å²) < 4.78 is 0. The third-order valence-electron chi connectivity index (χ3n) is 5.14. The fourth-order valence-electron chi connectivity index (χ4n) is 3.45. The molecule has 0 spiro atoms. The highest BCUT2D eigenvalue weighted by molar-refractivity contribution is 5.94. The molecule has 5 nitrogen and oxygen atoms in total. The second-order valence-electron chi connectivity index (χ2n) is 6.50. The van der Waals surface area contributed by atoms with Gasteiger partial charge >= 0.3 is 5.97 Å². The Morgan fingerprint density at radius 2 is 2.04 bits per heavy atom. The fraction of sp³-hybridized carbons (Fsp3) is 0.556. The number of carboxylic acids is 1. The quantitative estimate of drug-likeness (QED) is 0.875. The van der Waals surface area contributed by atoms with Crippen molar-refractivity contribution in [2.45, 2.75) is 39.7 Å². The Morgan fingerprint density at radius 3 is 2.61 bits per heavy atom. The van der Waals surface area contributed by atoms with Crippen LogP contribution in [-0.2, 0) is 9.59 Å². The molecule has 2 rings (SSSR count). The zero-order valence-corrected chi connectivity index (χ0v) is 14.1.